The normalized spacial score (nSPS) is 13.0. The van der Waals surface area contributed by atoms with Crippen LogP contribution in [0.3, 0.4) is 0 Å². The molecule has 0 bridgehead atoms. The van der Waals surface area contributed by atoms with Gasteiger partial charge in [0.1, 0.15) is 6.26 Å². The molecule has 0 unspecified atom stereocenters. The SMILES string of the molecule is COc1cc(-c2ccc3c(n2)CN(c2ccon2)C3=O)cnc1OC. The van der Waals surface area contributed by atoms with Crippen LogP contribution in [0, 0.1) is 0 Å². The summed E-state index contributed by atoms with van der Waals surface area (Å²) in [5.41, 5.74) is 2.70. The molecule has 126 valence electrons. The van der Waals surface area contributed by atoms with E-state index in [9.17, 15) is 4.79 Å². The Morgan fingerprint density at radius 3 is 2.80 bits per heavy atom. The van der Waals surface area contributed by atoms with Crippen LogP contribution in [0.1, 0.15) is 16.1 Å². The van der Waals surface area contributed by atoms with Crippen LogP contribution in [0.25, 0.3) is 11.3 Å². The third kappa shape index (κ3) is 2.47. The molecule has 1 amide bonds. The van der Waals surface area contributed by atoms with Crippen molar-refractivity contribution in [3.05, 3.63) is 48.0 Å². The highest BCUT2D eigenvalue weighted by Crippen LogP contribution is 2.31. The van der Waals surface area contributed by atoms with Crippen molar-refractivity contribution >= 4 is 11.7 Å². The fourth-order valence-electron chi connectivity index (χ4n) is 2.75. The molecule has 3 aromatic heterocycles. The summed E-state index contributed by atoms with van der Waals surface area (Å²) in [4.78, 5) is 22.8. The van der Waals surface area contributed by atoms with Gasteiger partial charge in [-0.15, -0.1) is 0 Å². The lowest BCUT2D eigenvalue weighted by atomic mass is 10.1. The van der Waals surface area contributed by atoms with Crippen LogP contribution >= 0.6 is 0 Å². The first-order valence-electron chi connectivity index (χ1n) is 7.52. The van der Waals surface area contributed by atoms with Gasteiger partial charge in [-0.05, 0) is 18.2 Å². The Morgan fingerprint density at radius 2 is 2.08 bits per heavy atom. The zero-order valence-electron chi connectivity index (χ0n) is 13.6. The zero-order chi connectivity index (χ0) is 17.4. The number of nitrogens with zero attached hydrogens (tertiary/aromatic N) is 4. The second kappa shape index (κ2) is 5.90. The lowest BCUT2D eigenvalue weighted by Gasteiger charge is -2.09. The van der Waals surface area contributed by atoms with Crippen LogP contribution in [0.2, 0.25) is 0 Å². The van der Waals surface area contributed by atoms with Crippen molar-refractivity contribution in [3.63, 3.8) is 0 Å². The smallest absolute Gasteiger partial charge is 0.261 e. The van der Waals surface area contributed by atoms with E-state index in [1.165, 1.54) is 18.3 Å². The molecule has 0 radical (unpaired) electrons. The summed E-state index contributed by atoms with van der Waals surface area (Å²) < 4.78 is 15.2. The summed E-state index contributed by atoms with van der Waals surface area (Å²) in [5.74, 6) is 1.24. The van der Waals surface area contributed by atoms with Gasteiger partial charge in [0.25, 0.3) is 11.8 Å². The zero-order valence-corrected chi connectivity index (χ0v) is 13.6. The Kier molecular flexibility index (Phi) is 3.57. The first-order valence-corrected chi connectivity index (χ1v) is 7.52. The van der Waals surface area contributed by atoms with Gasteiger partial charge in [-0.3, -0.25) is 14.7 Å². The number of aromatic nitrogens is 3. The molecule has 4 rings (SSSR count). The first-order chi connectivity index (χ1) is 12.2. The Labute approximate surface area is 143 Å². The van der Waals surface area contributed by atoms with Crippen LogP contribution in [0.15, 0.2) is 41.2 Å². The van der Waals surface area contributed by atoms with E-state index in [1.807, 2.05) is 0 Å². The molecule has 25 heavy (non-hydrogen) atoms. The molecule has 0 saturated heterocycles. The van der Waals surface area contributed by atoms with Gasteiger partial charge in [-0.2, -0.15) is 0 Å². The molecule has 0 saturated carbocycles. The van der Waals surface area contributed by atoms with E-state index >= 15 is 0 Å². The van der Waals surface area contributed by atoms with E-state index in [2.05, 4.69) is 15.1 Å². The molecular weight excluding hydrogens is 324 g/mol. The lowest BCUT2D eigenvalue weighted by Crippen LogP contribution is -2.23. The second-order valence-electron chi connectivity index (χ2n) is 5.38. The summed E-state index contributed by atoms with van der Waals surface area (Å²) in [6.45, 7) is 0.343. The number of hydrogen-bond donors (Lipinski definition) is 0. The van der Waals surface area contributed by atoms with Gasteiger partial charge < -0.3 is 14.0 Å². The number of pyridine rings is 2. The fourth-order valence-corrected chi connectivity index (χ4v) is 2.75. The molecule has 1 aliphatic heterocycles. The number of rotatable bonds is 4. The third-order valence-electron chi connectivity index (χ3n) is 3.99. The van der Waals surface area contributed by atoms with Crippen molar-refractivity contribution in [3.8, 4) is 22.9 Å². The molecule has 0 spiro atoms. The van der Waals surface area contributed by atoms with Gasteiger partial charge in [0, 0.05) is 17.8 Å². The molecule has 0 aromatic carbocycles. The third-order valence-corrected chi connectivity index (χ3v) is 3.99. The van der Waals surface area contributed by atoms with Crippen molar-refractivity contribution < 1.29 is 18.8 Å². The Morgan fingerprint density at radius 1 is 1.20 bits per heavy atom. The number of ether oxygens (including phenoxy) is 2. The second-order valence-corrected chi connectivity index (χ2v) is 5.38. The average molecular weight is 338 g/mol. The Bertz CT molecular complexity index is 940. The Balaban J connectivity index is 1.70. The summed E-state index contributed by atoms with van der Waals surface area (Å²) in [6.07, 6.45) is 3.09. The van der Waals surface area contributed by atoms with Crippen LogP contribution in [0.4, 0.5) is 5.82 Å². The van der Waals surface area contributed by atoms with Crippen LogP contribution in [-0.2, 0) is 6.54 Å². The van der Waals surface area contributed by atoms with Gasteiger partial charge in [-0.1, -0.05) is 5.16 Å². The minimum atomic E-state index is -0.145. The quantitative estimate of drug-likeness (QED) is 0.721. The maximum atomic E-state index is 12.5. The molecule has 0 aliphatic carbocycles. The highest BCUT2D eigenvalue weighted by Gasteiger charge is 2.31. The van der Waals surface area contributed by atoms with Gasteiger partial charge in [0.15, 0.2) is 11.6 Å². The van der Waals surface area contributed by atoms with Crippen LogP contribution < -0.4 is 14.4 Å². The number of methoxy groups -OCH3 is 2. The van der Waals surface area contributed by atoms with Gasteiger partial charge >= 0.3 is 0 Å². The summed E-state index contributed by atoms with van der Waals surface area (Å²) in [5, 5.41) is 3.82. The lowest BCUT2D eigenvalue weighted by molar-refractivity contribution is 0.0995. The molecule has 4 heterocycles. The van der Waals surface area contributed by atoms with E-state index in [0.29, 0.717) is 40.9 Å². The number of hydrogen-bond acceptors (Lipinski definition) is 7. The molecule has 0 atom stereocenters. The van der Waals surface area contributed by atoms with E-state index in [4.69, 9.17) is 14.0 Å². The molecule has 1 aliphatic rings. The highest BCUT2D eigenvalue weighted by molar-refractivity contribution is 6.09. The fraction of sp³-hybridized carbons (Fsp3) is 0.176. The van der Waals surface area contributed by atoms with Gasteiger partial charge in [0.2, 0.25) is 0 Å². The van der Waals surface area contributed by atoms with Gasteiger partial charge in [-0.25, -0.2) is 4.98 Å². The highest BCUT2D eigenvalue weighted by atomic mass is 16.5. The van der Waals surface area contributed by atoms with Crippen molar-refractivity contribution in [2.24, 2.45) is 0 Å². The molecule has 3 aromatic rings. The van der Waals surface area contributed by atoms with E-state index < -0.39 is 0 Å². The van der Waals surface area contributed by atoms with Crippen molar-refractivity contribution in [1.29, 1.82) is 0 Å². The van der Waals surface area contributed by atoms with E-state index in [0.717, 1.165) is 5.56 Å². The van der Waals surface area contributed by atoms with Gasteiger partial charge in [0.05, 0.1) is 37.7 Å². The largest absolute Gasteiger partial charge is 0.491 e. The minimum absolute atomic E-state index is 0.145. The molecular formula is C17H14N4O4. The number of carbonyl (C=O) groups is 1. The maximum Gasteiger partial charge on any atom is 0.261 e. The van der Waals surface area contributed by atoms with Crippen LogP contribution in [0.5, 0.6) is 11.6 Å². The van der Waals surface area contributed by atoms with E-state index in [1.54, 1.807) is 37.6 Å². The predicted octanol–water partition coefficient (Wildman–Crippen LogP) is 2.31. The van der Waals surface area contributed by atoms with Crippen molar-refractivity contribution in [2.75, 3.05) is 19.1 Å². The van der Waals surface area contributed by atoms with E-state index in [-0.39, 0.29) is 5.91 Å². The topological polar surface area (TPSA) is 90.6 Å². The van der Waals surface area contributed by atoms with Crippen molar-refractivity contribution in [2.45, 2.75) is 6.54 Å². The summed E-state index contributed by atoms with van der Waals surface area (Å²) >= 11 is 0. The molecule has 0 N–H and O–H groups in total. The average Bonchev–Trinajstić information content (AvgIpc) is 3.29. The maximum absolute atomic E-state index is 12.5. The van der Waals surface area contributed by atoms with Crippen LogP contribution in [-0.4, -0.2) is 35.3 Å². The molecule has 0 fully saturated rings. The monoisotopic (exact) mass is 338 g/mol. The predicted molar refractivity (Wildman–Crippen MR) is 87.6 cm³/mol. The minimum Gasteiger partial charge on any atom is -0.491 e. The molecule has 8 nitrogen and oxygen atoms in total. The number of amides is 1. The standard InChI is InChI=1S/C17H14N4O4/c1-23-14-7-10(8-18-16(14)24-2)12-4-3-11-13(19-12)9-21(17(11)22)15-5-6-25-20-15/h3-8H,9H2,1-2H3. The number of carbonyl (C=O) groups excluding carboxylic acids is 1. The number of fused-ring (bicyclic) bond motifs is 1. The first kappa shape index (κ1) is 15.1. The van der Waals surface area contributed by atoms with Crippen molar-refractivity contribution in [1.82, 2.24) is 15.1 Å². The summed E-state index contributed by atoms with van der Waals surface area (Å²) in [6, 6.07) is 6.98. The Hall–Kier alpha value is -3.42. The molecule has 8 heteroatoms. The summed E-state index contributed by atoms with van der Waals surface area (Å²) in [7, 11) is 3.08. The number of anilines is 1.